The molecule has 1 amide bonds. The van der Waals surface area contributed by atoms with Crippen LogP contribution in [-0.2, 0) is 11.3 Å². The van der Waals surface area contributed by atoms with Crippen molar-refractivity contribution in [1.82, 2.24) is 9.97 Å². The van der Waals surface area contributed by atoms with Crippen LogP contribution in [0.2, 0.25) is 0 Å². The van der Waals surface area contributed by atoms with Crippen molar-refractivity contribution in [3.8, 4) is 0 Å². The van der Waals surface area contributed by atoms with Crippen LogP contribution in [-0.4, -0.2) is 29.0 Å². The topological polar surface area (TPSA) is 79.3 Å². The maximum Gasteiger partial charge on any atom is 0.279 e. The number of hydrogen-bond donors (Lipinski definition) is 3. The molecule has 27 heavy (non-hydrogen) atoms. The van der Waals surface area contributed by atoms with Gasteiger partial charge in [-0.2, -0.15) is 0 Å². The first kappa shape index (κ1) is 18.8. The number of aromatic amines is 1. The molecule has 3 N–H and O–H groups in total. The molecule has 3 aromatic rings. The van der Waals surface area contributed by atoms with Gasteiger partial charge in [-0.3, -0.25) is 9.59 Å². The van der Waals surface area contributed by atoms with Gasteiger partial charge in [-0.15, -0.1) is 0 Å². The van der Waals surface area contributed by atoms with Crippen molar-refractivity contribution >= 4 is 22.5 Å². The molecule has 1 atom stereocenters. The third kappa shape index (κ3) is 4.60. The van der Waals surface area contributed by atoms with Crippen LogP contribution in [0.25, 0.3) is 10.9 Å². The molecule has 3 rings (SSSR count). The Morgan fingerprint density at radius 1 is 1.15 bits per heavy atom. The highest BCUT2D eigenvalue weighted by molar-refractivity contribution is 5.91. The second-order valence-electron chi connectivity index (χ2n) is 6.83. The SMILES string of the molecule is CC[NH+](CC(=O)Nc1ccc(C)c(C)c1)Cc1nc2ccccc2c(=O)[nH]1. The van der Waals surface area contributed by atoms with E-state index in [4.69, 9.17) is 0 Å². The summed E-state index contributed by atoms with van der Waals surface area (Å²) in [6.45, 7) is 7.61. The fourth-order valence-corrected chi connectivity index (χ4v) is 3.02. The maximum absolute atomic E-state index is 12.4. The smallest absolute Gasteiger partial charge is 0.279 e. The quantitative estimate of drug-likeness (QED) is 0.621. The molecule has 0 aliphatic rings. The minimum Gasteiger partial charge on any atom is -0.321 e. The van der Waals surface area contributed by atoms with Gasteiger partial charge in [-0.1, -0.05) is 18.2 Å². The Morgan fingerprint density at radius 2 is 1.93 bits per heavy atom. The highest BCUT2D eigenvalue weighted by atomic mass is 16.2. The largest absolute Gasteiger partial charge is 0.321 e. The van der Waals surface area contributed by atoms with Crippen molar-refractivity contribution in [3.63, 3.8) is 0 Å². The van der Waals surface area contributed by atoms with E-state index in [9.17, 15) is 9.59 Å². The lowest BCUT2D eigenvalue weighted by molar-refractivity contribution is -0.904. The van der Waals surface area contributed by atoms with E-state index in [0.717, 1.165) is 22.7 Å². The van der Waals surface area contributed by atoms with Gasteiger partial charge >= 0.3 is 0 Å². The van der Waals surface area contributed by atoms with Gasteiger partial charge in [0.25, 0.3) is 11.5 Å². The first-order valence-electron chi connectivity index (χ1n) is 9.15. The normalized spacial score (nSPS) is 12.1. The van der Waals surface area contributed by atoms with Crippen molar-refractivity contribution in [3.05, 3.63) is 69.8 Å². The zero-order valence-electron chi connectivity index (χ0n) is 15.9. The number of para-hydroxylation sites is 1. The molecule has 1 aromatic heterocycles. The number of nitrogens with zero attached hydrogens (tertiary/aromatic N) is 1. The van der Waals surface area contributed by atoms with Gasteiger partial charge in [0, 0.05) is 5.69 Å². The van der Waals surface area contributed by atoms with Crippen LogP contribution in [0.3, 0.4) is 0 Å². The van der Waals surface area contributed by atoms with Crippen LogP contribution in [0.4, 0.5) is 5.69 Å². The van der Waals surface area contributed by atoms with Crippen LogP contribution >= 0.6 is 0 Å². The van der Waals surface area contributed by atoms with Crippen LogP contribution in [0.15, 0.2) is 47.3 Å². The number of carbonyl (C=O) groups excluding carboxylic acids is 1. The molecule has 0 aliphatic heterocycles. The Labute approximate surface area is 158 Å². The van der Waals surface area contributed by atoms with E-state index in [-0.39, 0.29) is 11.5 Å². The minimum absolute atomic E-state index is 0.0572. The molecular formula is C21H25N4O2+. The van der Waals surface area contributed by atoms with Crippen molar-refractivity contribution in [2.45, 2.75) is 27.3 Å². The van der Waals surface area contributed by atoms with E-state index in [1.165, 1.54) is 5.56 Å². The summed E-state index contributed by atoms with van der Waals surface area (Å²) in [6.07, 6.45) is 0. The highest BCUT2D eigenvalue weighted by Gasteiger charge is 2.15. The lowest BCUT2D eigenvalue weighted by Crippen LogP contribution is -3.11. The van der Waals surface area contributed by atoms with E-state index in [2.05, 4.69) is 15.3 Å². The summed E-state index contributed by atoms with van der Waals surface area (Å²) < 4.78 is 0. The van der Waals surface area contributed by atoms with E-state index in [0.29, 0.717) is 29.8 Å². The molecule has 0 bridgehead atoms. The molecule has 0 aliphatic carbocycles. The summed E-state index contributed by atoms with van der Waals surface area (Å²) in [7, 11) is 0. The number of quaternary nitrogens is 1. The second kappa shape index (κ2) is 8.14. The molecule has 1 unspecified atom stereocenters. The molecule has 0 radical (unpaired) electrons. The monoisotopic (exact) mass is 365 g/mol. The summed E-state index contributed by atoms with van der Waals surface area (Å²) in [5.74, 6) is 0.535. The Kier molecular flexibility index (Phi) is 5.66. The van der Waals surface area contributed by atoms with E-state index < -0.39 is 0 Å². The number of aromatic nitrogens is 2. The molecule has 6 heteroatoms. The predicted octanol–water partition coefficient (Wildman–Crippen LogP) is 1.58. The summed E-state index contributed by atoms with van der Waals surface area (Å²) >= 11 is 0. The van der Waals surface area contributed by atoms with Crippen molar-refractivity contribution in [1.29, 1.82) is 0 Å². The fraction of sp³-hybridized carbons (Fsp3) is 0.286. The van der Waals surface area contributed by atoms with E-state index in [1.54, 1.807) is 6.07 Å². The van der Waals surface area contributed by atoms with Gasteiger partial charge in [0.15, 0.2) is 12.4 Å². The zero-order chi connectivity index (χ0) is 19.4. The lowest BCUT2D eigenvalue weighted by atomic mass is 10.1. The first-order valence-corrected chi connectivity index (χ1v) is 9.15. The summed E-state index contributed by atoms with van der Waals surface area (Å²) in [5, 5.41) is 3.53. The van der Waals surface area contributed by atoms with Crippen molar-refractivity contribution < 1.29 is 9.69 Å². The molecule has 140 valence electrons. The number of rotatable bonds is 6. The van der Waals surface area contributed by atoms with Gasteiger partial charge in [-0.25, -0.2) is 4.98 Å². The van der Waals surface area contributed by atoms with Gasteiger partial charge < -0.3 is 15.2 Å². The predicted molar refractivity (Wildman–Crippen MR) is 107 cm³/mol. The van der Waals surface area contributed by atoms with Crippen LogP contribution in [0, 0.1) is 13.8 Å². The number of carbonyl (C=O) groups is 1. The molecule has 0 saturated heterocycles. The number of anilines is 1. The third-order valence-corrected chi connectivity index (χ3v) is 4.78. The van der Waals surface area contributed by atoms with Crippen LogP contribution < -0.4 is 15.8 Å². The van der Waals surface area contributed by atoms with Gasteiger partial charge in [0.05, 0.1) is 17.4 Å². The summed E-state index contributed by atoms with van der Waals surface area (Å²) in [6, 6.07) is 13.1. The zero-order valence-corrected chi connectivity index (χ0v) is 15.9. The average Bonchev–Trinajstić information content (AvgIpc) is 2.64. The molecule has 1 heterocycles. The highest BCUT2D eigenvalue weighted by Crippen LogP contribution is 2.13. The second-order valence-corrected chi connectivity index (χ2v) is 6.83. The number of fused-ring (bicyclic) bond motifs is 1. The van der Waals surface area contributed by atoms with Gasteiger partial charge in [0.1, 0.15) is 6.54 Å². The van der Waals surface area contributed by atoms with Crippen molar-refractivity contribution in [2.24, 2.45) is 0 Å². The van der Waals surface area contributed by atoms with Gasteiger partial charge in [0.2, 0.25) is 0 Å². The maximum atomic E-state index is 12.4. The average molecular weight is 365 g/mol. The number of likely N-dealkylation sites (N-methyl/N-ethyl adjacent to an activating group) is 1. The van der Waals surface area contributed by atoms with Gasteiger partial charge in [-0.05, 0) is 56.2 Å². The molecule has 0 spiro atoms. The number of aryl methyl sites for hydroxylation is 2. The minimum atomic E-state index is -0.148. The van der Waals surface area contributed by atoms with Crippen LogP contribution in [0.5, 0.6) is 0 Å². The van der Waals surface area contributed by atoms with Crippen molar-refractivity contribution in [2.75, 3.05) is 18.4 Å². The number of benzene rings is 2. The number of amides is 1. The Hall–Kier alpha value is -2.99. The molecular weight excluding hydrogens is 340 g/mol. The lowest BCUT2D eigenvalue weighted by Gasteiger charge is -2.17. The number of nitrogens with one attached hydrogen (secondary N) is 3. The number of H-pyrrole nitrogens is 1. The van der Waals surface area contributed by atoms with Crippen LogP contribution in [0.1, 0.15) is 23.9 Å². The fourth-order valence-electron chi connectivity index (χ4n) is 3.02. The summed E-state index contributed by atoms with van der Waals surface area (Å²) in [5.41, 5.74) is 3.67. The first-order chi connectivity index (χ1) is 13.0. The number of hydrogen-bond acceptors (Lipinski definition) is 3. The van der Waals surface area contributed by atoms with E-state index >= 15 is 0 Å². The Morgan fingerprint density at radius 3 is 2.67 bits per heavy atom. The third-order valence-electron chi connectivity index (χ3n) is 4.78. The Bertz CT molecular complexity index is 1030. The molecule has 6 nitrogen and oxygen atoms in total. The Balaban J connectivity index is 1.69. The summed E-state index contributed by atoms with van der Waals surface area (Å²) in [4.78, 5) is 33.0. The standard InChI is InChI=1S/C21H24N4O2/c1-4-25(13-20(26)22-16-10-9-14(2)15(3)11-16)12-19-23-18-8-6-5-7-17(18)21(27)24-19/h5-11H,4,12-13H2,1-3H3,(H,22,26)(H,23,24,27)/p+1. The van der Waals surface area contributed by atoms with E-state index in [1.807, 2.05) is 57.2 Å². The molecule has 2 aromatic carbocycles. The molecule has 0 saturated carbocycles. The molecule has 0 fully saturated rings.